The third kappa shape index (κ3) is 2.39. The molecule has 18 heavy (non-hydrogen) atoms. The van der Waals surface area contributed by atoms with Crippen LogP contribution in [0.5, 0.6) is 0 Å². The Kier molecular flexibility index (Phi) is 3.94. The summed E-state index contributed by atoms with van der Waals surface area (Å²) in [6.07, 6.45) is -0.294. The number of rotatable bonds is 4. The van der Waals surface area contributed by atoms with Crippen LogP contribution in [0.2, 0.25) is 0 Å². The van der Waals surface area contributed by atoms with E-state index in [1.807, 2.05) is 12.1 Å². The maximum Gasteiger partial charge on any atom is 0.260 e. The first-order chi connectivity index (χ1) is 8.54. The van der Waals surface area contributed by atoms with Crippen molar-refractivity contribution >= 4 is 23.4 Å². The number of anilines is 1. The molecule has 5 heteroatoms. The van der Waals surface area contributed by atoms with Crippen molar-refractivity contribution in [2.24, 2.45) is 0 Å². The van der Waals surface area contributed by atoms with Crippen LogP contribution in [-0.2, 0) is 4.79 Å². The van der Waals surface area contributed by atoms with Gasteiger partial charge in [0.1, 0.15) is 0 Å². The first-order valence-corrected chi connectivity index (χ1v) is 6.79. The van der Waals surface area contributed by atoms with E-state index in [1.165, 1.54) is 4.90 Å². The molecule has 4 nitrogen and oxygen atoms in total. The van der Waals surface area contributed by atoms with Gasteiger partial charge in [-0.3, -0.25) is 4.79 Å². The van der Waals surface area contributed by atoms with Gasteiger partial charge in [-0.1, -0.05) is 13.0 Å². The minimum Gasteiger partial charge on any atom is -0.396 e. The monoisotopic (exact) mass is 267 g/mol. The zero-order valence-electron chi connectivity index (χ0n) is 10.5. The highest BCUT2D eigenvalue weighted by molar-refractivity contribution is 7.99. The number of carbonyl (C=O) groups excluding carboxylic acids is 1. The highest BCUT2D eigenvalue weighted by atomic mass is 32.2. The molecule has 0 saturated carbocycles. The normalized spacial score (nSPS) is 20.1. The fourth-order valence-electron chi connectivity index (χ4n) is 2.03. The predicted molar refractivity (Wildman–Crippen MR) is 71.8 cm³/mol. The molecular formula is C13H17NO3S. The number of fused-ring (bicyclic) bond motifs is 1. The molecule has 1 aromatic rings. The maximum atomic E-state index is 11.6. The Hall–Kier alpha value is -1.04. The quantitative estimate of drug-likeness (QED) is 0.813. The lowest BCUT2D eigenvalue weighted by atomic mass is 10.1. The number of amides is 1. The second kappa shape index (κ2) is 5.30. The van der Waals surface area contributed by atoms with Crippen LogP contribution in [0.4, 0.5) is 5.69 Å². The van der Waals surface area contributed by atoms with Crippen molar-refractivity contribution in [2.75, 3.05) is 18.6 Å². The van der Waals surface area contributed by atoms with Gasteiger partial charge in [-0.15, -0.1) is 11.8 Å². The molecule has 1 aromatic carbocycles. The average molecular weight is 267 g/mol. The number of aliphatic hydroxyl groups is 2. The van der Waals surface area contributed by atoms with E-state index in [9.17, 15) is 9.90 Å². The largest absolute Gasteiger partial charge is 0.396 e. The molecule has 0 aromatic heterocycles. The Bertz CT molecular complexity index is 464. The van der Waals surface area contributed by atoms with Gasteiger partial charge in [0, 0.05) is 29.4 Å². The summed E-state index contributed by atoms with van der Waals surface area (Å²) in [6, 6.07) is 5.63. The molecule has 2 unspecified atom stereocenters. The van der Waals surface area contributed by atoms with Gasteiger partial charge in [0.2, 0.25) is 0 Å². The van der Waals surface area contributed by atoms with Gasteiger partial charge < -0.3 is 15.1 Å². The van der Waals surface area contributed by atoms with Crippen molar-refractivity contribution in [3.8, 4) is 0 Å². The minimum atomic E-state index is -1.03. The van der Waals surface area contributed by atoms with Gasteiger partial charge in [-0.2, -0.15) is 0 Å². The molecule has 2 rings (SSSR count). The summed E-state index contributed by atoms with van der Waals surface area (Å²) in [5.74, 6) is -0.282. The lowest BCUT2D eigenvalue weighted by molar-refractivity contribution is -0.125. The van der Waals surface area contributed by atoms with Crippen molar-refractivity contribution in [3.63, 3.8) is 0 Å². The van der Waals surface area contributed by atoms with Gasteiger partial charge in [-0.05, 0) is 18.6 Å². The summed E-state index contributed by atoms with van der Waals surface area (Å²) >= 11 is 1.66. The van der Waals surface area contributed by atoms with Gasteiger partial charge in [0.25, 0.3) is 5.91 Å². The SMILES string of the molecule is CC(CCO)Sc1ccc2c(c1)N(C)C(=O)C2O. The van der Waals surface area contributed by atoms with Crippen molar-refractivity contribution in [1.29, 1.82) is 0 Å². The van der Waals surface area contributed by atoms with Crippen molar-refractivity contribution < 1.29 is 15.0 Å². The molecule has 1 aliphatic rings. The summed E-state index contributed by atoms with van der Waals surface area (Å²) in [5.41, 5.74) is 1.44. The molecular weight excluding hydrogens is 250 g/mol. The van der Waals surface area contributed by atoms with E-state index in [4.69, 9.17) is 5.11 Å². The van der Waals surface area contributed by atoms with E-state index >= 15 is 0 Å². The standard InChI is InChI=1S/C13H17NO3S/c1-8(5-6-15)18-9-3-4-10-11(7-9)14(2)13(17)12(10)16/h3-4,7-8,12,15-16H,5-6H2,1-2H3. The zero-order valence-corrected chi connectivity index (χ0v) is 11.3. The maximum absolute atomic E-state index is 11.6. The van der Waals surface area contributed by atoms with Crippen LogP contribution in [-0.4, -0.2) is 35.0 Å². The van der Waals surface area contributed by atoms with Crippen LogP contribution in [0.15, 0.2) is 23.1 Å². The number of hydrogen-bond donors (Lipinski definition) is 2. The second-order valence-corrected chi connectivity index (χ2v) is 5.97. The highest BCUT2D eigenvalue weighted by Gasteiger charge is 2.33. The van der Waals surface area contributed by atoms with Crippen LogP contribution >= 0.6 is 11.8 Å². The molecule has 0 spiro atoms. The lowest BCUT2D eigenvalue weighted by Gasteiger charge is -2.13. The minimum absolute atomic E-state index is 0.177. The van der Waals surface area contributed by atoms with Crippen LogP contribution < -0.4 is 4.90 Å². The second-order valence-electron chi connectivity index (χ2n) is 4.46. The first-order valence-electron chi connectivity index (χ1n) is 5.91. The Morgan fingerprint density at radius 2 is 2.22 bits per heavy atom. The topological polar surface area (TPSA) is 60.8 Å². The summed E-state index contributed by atoms with van der Waals surface area (Å²) in [4.78, 5) is 14.2. The third-order valence-corrected chi connectivity index (χ3v) is 4.26. The molecule has 1 amide bonds. The van der Waals surface area contributed by atoms with E-state index in [2.05, 4.69) is 6.92 Å². The molecule has 0 radical (unpaired) electrons. The molecule has 2 N–H and O–H groups in total. The lowest BCUT2D eigenvalue weighted by Crippen LogP contribution is -2.23. The Labute approximate surface area is 111 Å². The smallest absolute Gasteiger partial charge is 0.260 e. The van der Waals surface area contributed by atoms with E-state index in [-0.39, 0.29) is 12.5 Å². The molecule has 0 bridgehead atoms. The molecule has 1 heterocycles. The van der Waals surface area contributed by atoms with Crippen LogP contribution in [0.25, 0.3) is 0 Å². The zero-order chi connectivity index (χ0) is 13.3. The van der Waals surface area contributed by atoms with Crippen molar-refractivity contribution in [2.45, 2.75) is 29.6 Å². The molecule has 1 aliphatic heterocycles. The Balaban J connectivity index is 2.21. The summed E-state index contributed by atoms with van der Waals surface area (Å²) in [6.45, 7) is 2.23. The van der Waals surface area contributed by atoms with E-state index < -0.39 is 6.10 Å². The Morgan fingerprint density at radius 1 is 1.50 bits per heavy atom. The number of nitrogens with zero attached hydrogens (tertiary/aromatic N) is 1. The van der Waals surface area contributed by atoms with Gasteiger partial charge in [0.05, 0.1) is 5.69 Å². The summed E-state index contributed by atoms with van der Waals surface area (Å²) in [5, 5.41) is 18.9. The van der Waals surface area contributed by atoms with Crippen molar-refractivity contribution in [3.05, 3.63) is 23.8 Å². The van der Waals surface area contributed by atoms with Crippen LogP contribution in [0.1, 0.15) is 25.0 Å². The van der Waals surface area contributed by atoms with E-state index in [0.29, 0.717) is 10.8 Å². The summed E-state index contributed by atoms with van der Waals surface area (Å²) < 4.78 is 0. The van der Waals surface area contributed by atoms with Crippen LogP contribution in [0.3, 0.4) is 0 Å². The number of carbonyl (C=O) groups is 1. The number of aliphatic hydroxyl groups excluding tert-OH is 2. The highest BCUT2D eigenvalue weighted by Crippen LogP contribution is 2.38. The van der Waals surface area contributed by atoms with Gasteiger partial charge in [-0.25, -0.2) is 0 Å². The molecule has 98 valence electrons. The third-order valence-electron chi connectivity index (χ3n) is 3.10. The van der Waals surface area contributed by atoms with Crippen molar-refractivity contribution in [1.82, 2.24) is 0 Å². The Morgan fingerprint density at radius 3 is 2.89 bits per heavy atom. The van der Waals surface area contributed by atoms with Gasteiger partial charge >= 0.3 is 0 Å². The number of benzene rings is 1. The molecule has 2 atom stereocenters. The van der Waals surface area contributed by atoms with E-state index in [1.54, 1.807) is 24.9 Å². The molecule has 0 fully saturated rings. The van der Waals surface area contributed by atoms with Crippen LogP contribution in [0, 0.1) is 0 Å². The first kappa shape index (κ1) is 13.4. The fourth-order valence-corrected chi connectivity index (χ4v) is 3.04. The van der Waals surface area contributed by atoms with E-state index in [0.717, 1.165) is 17.0 Å². The number of likely N-dealkylation sites (N-methyl/N-ethyl adjacent to an activating group) is 1. The summed E-state index contributed by atoms with van der Waals surface area (Å²) in [7, 11) is 1.67. The van der Waals surface area contributed by atoms with Gasteiger partial charge in [0.15, 0.2) is 6.10 Å². The number of thioether (sulfide) groups is 1. The average Bonchev–Trinajstić information content (AvgIpc) is 2.55. The fraction of sp³-hybridized carbons (Fsp3) is 0.462. The predicted octanol–water partition coefficient (Wildman–Crippen LogP) is 1.56. The molecule has 0 saturated heterocycles. The molecule has 0 aliphatic carbocycles. The number of hydrogen-bond acceptors (Lipinski definition) is 4.